The van der Waals surface area contributed by atoms with Crippen LogP contribution in [-0.2, 0) is 6.42 Å². The molecule has 0 amide bonds. The van der Waals surface area contributed by atoms with Crippen molar-refractivity contribution < 1.29 is 9.52 Å². The molecule has 3 heteroatoms. The van der Waals surface area contributed by atoms with E-state index in [-0.39, 0.29) is 0 Å². The Hall–Kier alpha value is -1.58. The molecule has 0 saturated heterocycles. The first-order valence-electron chi connectivity index (χ1n) is 5.82. The molecule has 90 valence electrons. The van der Waals surface area contributed by atoms with E-state index in [1.165, 1.54) is 0 Å². The number of nitrogens with one attached hydrogen (secondary N) is 1. The van der Waals surface area contributed by atoms with Gasteiger partial charge in [-0.1, -0.05) is 30.3 Å². The number of hydrogen-bond acceptors (Lipinski definition) is 3. The van der Waals surface area contributed by atoms with E-state index >= 15 is 0 Å². The zero-order chi connectivity index (χ0) is 11.9. The van der Waals surface area contributed by atoms with Crippen LogP contribution < -0.4 is 5.32 Å². The zero-order valence-corrected chi connectivity index (χ0v) is 9.67. The second-order valence-corrected chi connectivity index (χ2v) is 3.96. The summed E-state index contributed by atoms with van der Waals surface area (Å²) in [6, 6.07) is 13.5. The molecule has 1 unspecified atom stereocenters. The molecule has 17 heavy (non-hydrogen) atoms. The Morgan fingerprint density at radius 3 is 2.65 bits per heavy atom. The Morgan fingerprint density at radius 2 is 1.94 bits per heavy atom. The van der Waals surface area contributed by atoms with Crippen molar-refractivity contribution in [3.63, 3.8) is 0 Å². The molecule has 1 aromatic heterocycles. The van der Waals surface area contributed by atoms with Gasteiger partial charge in [-0.25, -0.2) is 0 Å². The Kier molecular flexibility index (Phi) is 4.36. The number of furan rings is 1. The lowest BCUT2D eigenvalue weighted by atomic mass is 10.1. The molecule has 0 fully saturated rings. The largest absolute Gasteiger partial charge is 0.469 e. The van der Waals surface area contributed by atoms with Crippen LogP contribution in [0, 0.1) is 0 Å². The van der Waals surface area contributed by atoms with Crippen molar-refractivity contribution in [2.24, 2.45) is 0 Å². The lowest BCUT2D eigenvalue weighted by Crippen LogP contribution is -2.23. The van der Waals surface area contributed by atoms with E-state index in [4.69, 9.17) is 4.42 Å². The highest BCUT2D eigenvalue weighted by atomic mass is 16.3. The van der Waals surface area contributed by atoms with Gasteiger partial charge in [0.15, 0.2) is 0 Å². The van der Waals surface area contributed by atoms with Crippen LogP contribution in [0.1, 0.15) is 17.4 Å². The summed E-state index contributed by atoms with van der Waals surface area (Å²) in [5.41, 5.74) is 0.943. The van der Waals surface area contributed by atoms with Crippen molar-refractivity contribution in [3.05, 3.63) is 60.1 Å². The average molecular weight is 231 g/mol. The van der Waals surface area contributed by atoms with E-state index in [2.05, 4.69) is 5.32 Å². The van der Waals surface area contributed by atoms with Crippen LogP contribution in [0.2, 0.25) is 0 Å². The van der Waals surface area contributed by atoms with E-state index < -0.39 is 6.10 Å². The van der Waals surface area contributed by atoms with Gasteiger partial charge in [-0.2, -0.15) is 0 Å². The van der Waals surface area contributed by atoms with Crippen molar-refractivity contribution in [2.75, 3.05) is 13.1 Å². The van der Waals surface area contributed by atoms with Gasteiger partial charge >= 0.3 is 0 Å². The van der Waals surface area contributed by atoms with E-state index in [1.807, 2.05) is 42.5 Å². The smallest absolute Gasteiger partial charge is 0.105 e. The number of rotatable bonds is 6. The van der Waals surface area contributed by atoms with Crippen LogP contribution >= 0.6 is 0 Å². The molecule has 0 bridgehead atoms. The number of aliphatic hydroxyl groups excluding tert-OH is 1. The standard InChI is InChI=1S/C14H17NO2/c16-14(12-5-2-1-3-6-12)11-15-9-8-13-7-4-10-17-13/h1-7,10,14-16H,8-9,11H2. The Morgan fingerprint density at radius 1 is 1.12 bits per heavy atom. The molecule has 1 aromatic carbocycles. The van der Waals surface area contributed by atoms with Gasteiger partial charge in [-0.3, -0.25) is 0 Å². The second kappa shape index (κ2) is 6.23. The van der Waals surface area contributed by atoms with Crippen molar-refractivity contribution in [1.82, 2.24) is 5.32 Å². The van der Waals surface area contributed by atoms with E-state index in [9.17, 15) is 5.11 Å². The average Bonchev–Trinajstić information content (AvgIpc) is 2.88. The highest BCUT2D eigenvalue weighted by Crippen LogP contribution is 2.10. The molecule has 0 aliphatic carbocycles. The molecule has 1 atom stereocenters. The van der Waals surface area contributed by atoms with Gasteiger partial charge in [-0.05, 0) is 17.7 Å². The minimum atomic E-state index is -0.451. The van der Waals surface area contributed by atoms with Crippen LogP contribution in [0.4, 0.5) is 0 Å². The van der Waals surface area contributed by atoms with Gasteiger partial charge in [-0.15, -0.1) is 0 Å². The molecular formula is C14H17NO2. The van der Waals surface area contributed by atoms with Crippen LogP contribution in [0.3, 0.4) is 0 Å². The highest BCUT2D eigenvalue weighted by Gasteiger charge is 2.05. The first-order valence-corrected chi connectivity index (χ1v) is 5.82. The first kappa shape index (κ1) is 11.9. The summed E-state index contributed by atoms with van der Waals surface area (Å²) in [4.78, 5) is 0. The predicted molar refractivity (Wildman–Crippen MR) is 66.7 cm³/mol. The van der Waals surface area contributed by atoms with Crippen LogP contribution in [0.25, 0.3) is 0 Å². The van der Waals surface area contributed by atoms with Crippen LogP contribution in [0.15, 0.2) is 53.1 Å². The van der Waals surface area contributed by atoms with Gasteiger partial charge in [0.1, 0.15) is 5.76 Å². The Bertz CT molecular complexity index is 411. The zero-order valence-electron chi connectivity index (χ0n) is 9.67. The van der Waals surface area contributed by atoms with Gasteiger partial charge in [0.05, 0.1) is 12.4 Å². The second-order valence-electron chi connectivity index (χ2n) is 3.96. The van der Waals surface area contributed by atoms with Crippen molar-refractivity contribution in [1.29, 1.82) is 0 Å². The molecule has 0 radical (unpaired) electrons. The maximum absolute atomic E-state index is 9.89. The lowest BCUT2D eigenvalue weighted by molar-refractivity contribution is 0.175. The minimum absolute atomic E-state index is 0.451. The van der Waals surface area contributed by atoms with Gasteiger partial charge in [0, 0.05) is 19.5 Å². The lowest BCUT2D eigenvalue weighted by Gasteiger charge is -2.11. The maximum Gasteiger partial charge on any atom is 0.105 e. The summed E-state index contributed by atoms with van der Waals surface area (Å²) in [5.74, 6) is 0.965. The maximum atomic E-state index is 9.89. The van der Waals surface area contributed by atoms with Gasteiger partial charge in [0.25, 0.3) is 0 Å². The van der Waals surface area contributed by atoms with E-state index in [0.29, 0.717) is 6.54 Å². The van der Waals surface area contributed by atoms with E-state index in [1.54, 1.807) is 6.26 Å². The molecule has 3 nitrogen and oxygen atoms in total. The van der Waals surface area contributed by atoms with Crippen LogP contribution in [-0.4, -0.2) is 18.2 Å². The third-order valence-electron chi connectivity index (χ3n) is 2.65. The highest BCUT2D eigenvalue weighted by molar-refractivity contribution is 5.17. The fourth-order valence-corrected chi connectivity index (χ4v) is 1.70. The normalized spacial score (nSPS) is 12.5. The molecule has 0 aliphatic rings. The van der Waals surface area contributed by atoms with Crippen LogP contribution in [0.5, 0.6) is 0 Å². The van der Waals surface area contributed by atoms with Gasteiger partial charge < -0.3 is 14.8 Å². The Balaban J connectivity index is 1.68. The molecule has 0 spiro atoms. The molecule has 0 aliphatic heterocycles. The summed E-state index contributed by atoms with van der Waals surface area (Å²) in [6.07, 6.45) is 2.07. The third-order valence-corrected chi connectivity index (χ3v) is 2.65. The summed E-state index contributed by atoms with van der Waals surface area (Å²) >= 11 is 0. The fraction of sp³-hybridized carbons (Fsp3) is 0.286. The molecule has 2 aromatic rings. The quantitative estimate of drug-likeness (QED) is 0.749. The number of aliphatic hydroxyl groups is 1. The fourth-order valence-electron chi connectivity index (χ4n) is 1.70. The summed E-state index contributed by atoms with van der Waals surface area (Å²) in [5, 5.41) is 13.1. The first-order chi connectivity index (χ1) is 8.36. The molecule has 1 heterocycles. The van der Waals surface area contributed by atoms with Crippen molar-refractivity contribution in [3.8, 4) is 0 Å². The number of hydrogen-bond donors (Lipinski definition) is 2. The molecule has 2 N–H and O–H groups in total. The predicted octanol–water partition coefficient (Wildman–Crippen LogP) is 2.15. The topological polar surface area (TPSA) is 45.4 Å². The van der Waals surface area contributed by atoms with Crippen molar-refractivity contribution in [2.45, 2.75) is 12.5 Å². The third kappa shape index (κ3) is 3.73. The molecular weight excluding hydrogens is 214 g/mol. The SMILES string of the molecule is OC(CNCCc1ccco1)c1ccccc1. The van der Waals surface area contributed by atoms with Crippen molar-refractivity contribution >= 4 is 0 Å². The summed E-state index contributed by atoms with van der Waals surface area (Å²) in [6.45, 7) is 1.36. The molecule has 2 rings (SSSR count). The minimum Gasteiger partial charge on any atom is -0.469 e. The number of benzene rings is 1. The Labute approximate surface area is 101 Å². The van der Waals surface area contributed by atoms with E-state index in [0.717, 1.165) is 24.3 Å². The van der Waals surface area contributed by atoms with Gasteiger partial charge in [0.2, 0.25) is 0 Å². The monoisotopic (exact) mass is 231 g/mol. The summed E-state index contributed by atoms with van der Waals surface area (Å²) < 4.78 is 5.22. The molecule has 0 saturated carbocycles. The summed E-state index contributed by atoms with van der Waals surface area (Å²) in [7, 11) is 0.